The fourth-order valence-corrected chi connectivity index (χ4v) is 4.11. The van der Waals surface area contributed by atoms with Gasteiger partial charge in [-0.15, -0.1) is 10.2 Å². The summed E-state index contributed by atoms with van der Waals surface area (Å²) in [5.41, 5.74) is 2.62. The van der Waals surface area contributed by atoms with Gasteiger partial charge in [0, 0.05) is 11.1 Å². The SMILES string of the molecule is Cc1ccc(-c2nnc(NC(=O)C(NC(=O)c3ccc4ccccc4c3)C(C)C)s2)cc1. The van der Waals surface area contributed by atoms with E-state index < -0.39 is 6.04 Å². The van der Waals surface area contributed by atoms with Crippen molar-refractivity contribution in [1.29, 1.82) is 0 Å². The summed E-state index contributed by atoms with van der Waals surface area (Å²) in [4.78, 5) is 25.8. The summed E-state index contributed by atoms with van der Waals surface area (Å²) in [6, 6.07) is 20.6. The summed E-state index contributed by atoms with van der Waals surface area (Å²) in [6.45, 7) is 5.80. The average molecular weight is 445 g/mol. The third-order valence-electron chi connectivity index (χ3n) is 5.20. The van der Waals surface area contributed by atoms with E-state index in [1.54, 1.807) is 6.07 Å². The molecule has 0 fully saturated rings. The minimum atomic E-state index is -0.708. The van der Waals surface area contributed by atoms with Crippen molar-refractivity contribution in [2.75, 3.05) is 5.32 Å². The lowest BCUT2D eigenvalue weighted by Gasteiger charge is -2.21. The van der Waals surface area contributed by atoms with Crippen LogP contribution in [0.2, 0.25) is 0 Å². The van der Waals surface area contributed by atoms with Gasteiger partial charge in [-0.3, -0.25) is 14.9 Å². The number of hydrogen-bond acceptors (Lipinski definition) is 5. The molecule has 0 saturated heterocycles. The Bertz CT molecular complexity index is 1260. The van der Waals surface area contributed by atoms with Gasteiger partial charge in [-0.25, -0.2) is 0 Å². The molecule has 6 nitrogen and oxygen atoms in total. The monoisotopic (exact) mass is 444 g/mol. The lowest BCUT2D eigenvalue weighted by molar-refractivity contribution is -0.118. The molecule has 1 atom stereocenters. The molecule has 1 heterocycles. The molecular weight excluding hydrogens is 420 g/mol. The van der Waals surface area contributed by atoms with Crippen LogP contribution in [-0.2, 0) is 4.79 Å². The van der Waals surface area contributed by atoms with Gasteiger partial charge in [0.15, 0.2) is 0 Å². The maximum Gasteiger partial charge on any atom is 0.251 e. The quantitative estimate of drug-likeness (QED) is 0.435. The molecule has 32 heavy (non-hydrogen) atoms. The number of aryl methyl sites for hydroxylation is 1. The molecular formula is C25H24N4O2S. The van der Waals surface area contributed by atoms with Crippen LogP contribution < -0.4 is 10.6 Å². The first-order valence-corrected chi connectivity index (χ1v) is 11.2. The topological polar surface area (TPSA) is 84.0 Å². The molecule has 1 unspecified atom stereocenters. The molecule has 2 amide bonds. The normalized spacial score (nSPS) is 12.0. The van der Waals surface area contributed by atoms with Gasteiger partial charge in [0.1, 0.15) is 11.0 Å². The molecule has 2 N–H and O–H groups in total. The molecule has 4 aromatic rings. The Morgan fingerprint density at radius 1 is 0.906 bits per heavy atom. The maximum atomic E-state index is 12.9. The smallest absolute Gasteiger partial charge is 0.251 e. The zero-order valence-electron chi connectivity index (χ0n) is 18.1. The highest BCUT2D eigenvalue weighted by Gasteiger charge is 2.26. The number of fused-ring (bicyclic) bond motifs is 1. The van der Waals surface area contributed by atoms with E-state index in [4.69, 9.17) is 0 Å². The van der Waals surface area contributed by atoms with Crippen LogP contribution in [0, 0.1) is 12.8 Å². The van der Waals surface area contributed by atoms with Gasteiger partial charge in [0.25, 0.3) is 5.91 Å². The number of nitrogens with zero attached hydrogens (tertiary/aromatic N) is 2. The summed E-state index contributed by atoms with van der Waals surface area (Å²) in [5, 5.41) is 17.1. The second-order valence-corrected chi connectivity index (χ2v) is 9.00. The molecule has 0 radical (unpaired) electrons. The second-order valence-electron chi connectivity index (χ2n) is 8.02. The Morgan fingerprint density at radius 3 is 2.34 bits per heavy atom. The van der Waals surface area contributed by atoms with Gasteiger partial charge in [0.05, 0.1) is 0 Å². The standard InChI is InChI=1S/C25H24N4O2S/c1-15(2)21(26-22(30)20-13-12-17-6-4-5-7-19(17)14-20)23(31)27-25-29-28-24(32-25)18-10-8-16(3)9-11-18/h4-15,21H,1-3H3,(H,26,30)(H,27,29,31). The molecule has 0 saturated carbocycles. The molecule has 0 spiro atoms. The number of benzene rings is 3. The largest absolute Gasteiger partial charge is 0.340 e. The lowest BCUT2D eigenvalue weighted by Crippen LogP contribution is -2.47. The van der Waals surface area contributed by atoms with Crippen molar-refractivity contribution in [3.05, 3.63) is 77.9 Å². The van der Waals surface area contributed by atoms with E-state index in [1.807, 2.05) is 81.4 Å². The van der Waals surface area contributed by atoms with Gasteiger partial charge in [-0.05, 0) is 35.7 Å². The highest BCUT2D eigenvalue weighted by Crippen LogP contribution is 2.26. The Morgan fingerprint density at radius 2 is 1.62 bits per heavy atom. The number of nitrogens with one attached hydrogen (secondary N) is 2. The van der Waals surface area contributed by atoms with Crippen molar-refractivity contribution in [1.82, 2.24) is 15.5 Å². The van der Waals surface area contributed by atoms with Crippen molar-refractivity contribution in [3.63, 3.8) is 0 Å². The van der Waals surface area contributed by atoms with Crippen molar-refractivity contribution in [3.8, 4) is 10.6 Å². The molecule has 7 heteroatoms. The molecule has 0 aliphatic rings. The number of carbonyl (C=O) groups excluding carboxylic acids is 2. The molecule has 4 rings (SSSR count). The molecule has 0 aliphatic heterocycles. The number of anilines is 1. The lowest BCUT2D eigenvalue weighted by atomic mass is 10.0. The van der Waals surface area contributed by atoms with Crippen LogP contribution in [0.4, 0.5) is 5.13 Å². The maximum absolute atomic E-state index is 12.9. The molecule has 162 valence electrons. The molecule has 3 aromatic carbocycles. The number of rotatable bonds is 6. The van der Waals surface area contributed by atoms with E-state index >= 15 is 0 Å². The van der Waals surface area contributed by atoms with Crippen LogP contribution in [0.15, 0.2) is 66.7 Å². The van der Waals surface area contributed by atoms with E-state index in [1.165, 1.54) is 11.3 Å². The fraction of sp³-hybridized carbons (Fsp3) is 0.200. The third-order valence-corrected chi connectivity index (χ3v) is 6.09. The first-order chi connectivity index (χ1) is 15.4. The molecule has 1 aromatic heterocycles. The summed E-state index contributed by atoms with van der Waals surface area (Å²) in [6.07, 6.45) is 0. The van der Waals surface area contributed by atoms with Crippen LogP contribution in [0.5, 0.6) is 0 Å². The number of carbonyl (C=O) groups is 2. The third kappa shape index (κ3) is 4.84. The highest BCUT2D eigenvalue weighted by atomic mass is 32.1. The summed E-state index contributed by atoms with van der Waals surface area (Å²) >= 11 is 1.30. The minimum Gasteiger partial charge on any atom is -0.340 e. The van der Waals surface area contributed by atoms with Crippen LogP contribution >= 0.6 is 11.3 Å². The van der Waals surface area contributed by atoms with E-state index in [0.717, 1.165) is 26.9 Å². The predicted molar refractivity (Wildman–Crippen MR) is 129 cm³/mol. The number of amides is 2. The van der Waals surface area contributed by atoms with Crippen LogP contribution in [0.3, 0.4) is 0 Å². The van der Waals surface area contributed by atoms with Crippen molar-refractivity contribution >= 4 is 39.1 Å². The highest BCUT2D eigenvalue weighted by molar-refractivity contribution is 7.18. The summed E-state index contributed by atoms with van der Waals surface area (Å²) in [5.74, 6) is -0.716. The van der Waals surface area contributed by atoms with Gasteiger partial charge in [0.2, 0.25) is 11.0 Å². The second kappa shape index (κ2) is 9.28. The van der Waals surface area contributed by atoms with Crippen molar-refractivity contribution in [2.45, 2.75) is 26.8 Å². The minimum absolute atomic E-state index is 0.108. The Hall–Kier alpha value is -3.58. The Kier molecular flexibility index (Phi) is 6.28. The summed E-state index contributed by atoms with van der Waals surface area (Å²) < 4.78 is 0. The van der Waals surface area contributed by atoms with Gasteiger partial charge in [-0.2, -0.15) is 0 Å². The Balaban J connectivity index is 1.46. The average Bonchev–Trinajstić information content (AvgIpc) is 3.25. The van der Waals surface area contributed by atoms with Crippen LogP contribution in [0.1, 0.15) is 29.8 Å². The first-order valence-electron chi connectivity index (χ1n) is 10.4. The van der Waals surface area contributed by atoms with E-state index in [-0.39, 0.29) is 17.7 Å². The van der Waals surface area contributed by atoms with Crippen molar-refractivity contribution < 1.29 is 9.59 Å². The van der Waals surface area contributed by atoms with Gasteiger partial charge < -0.3 is 5.32 Å². The number of aromatic nitrogens is 2. The fourth-order valence-electron chi connectivity index (χ4n) is 3.36. The zero-order chi connectivity index (χ0) is 22.7. The van der Waals surface area contributed by atoms with Crippen LogP contribution in [-0.4, -0.2) is 28.1 Å². The van der Waals surface area contributed by atoms with Crippen LogP contribution in [0.25, 0.3) is 21.3 Å². The van der Waals surface area contributed by atoms with E-state index in [0.29, 0.717) is 10.7 Å². The van der Waals surface area contributed by atoms with Gasteiger partial charge in [-0.1, -0.05) is 85.3 Å². The van der Waals surface area contributed by atoms with E-state index in [2.05, 4.69) is 20.8 Å². The number of hydrogen-bond donors (Lipinski definition) is 2. The Labute approximate surface area is 190 Å². The van der Waals surface area contributed by atoms with Crippen molar-refractivity contribution in [2.24, 2.45) is 5.92 Å². The van der Waals surface area contributed by atoms with Gasteiger partial charge >= 0.3 is 0 Å². The van der Waals surface area contributed by atoms with E-state index in [9.17, 15) is 9.59 Å². The molecule has 0 aliphatic carbocycles. The summed E-state index contributed by atoms with van der Waals surface area (Å²) in [7, 11) is 0. The predicted octanol–water partition coefficient (Wildman–Crippen LogP) is 5.06. The molecule has 0 bridgehead atoms. The zero-order valence-corrected chi connectivity index (χ0v) is 18.9. The first kappa shape index (κ1) is 21.6.